The highest BCUT2D eigenvalue weighted by molar-refractivity contribution is 7.98. The normalized spacial score (nSPS) is 19.2. The monoisotopic (exact) mass is 559 g/mol. The van der Waals surface area contributed by atoms with Crippen molar-refractivity contribution in [1.29, 1.82) is 0 Å². The Morgan fingerprint density at radius 1 is 1.24 bits per heavy atom. The van der Waals surface area contributed by atoms with E-state index in [1.54, 1.807) is 17.8 Å². The number of rotatable bonds is 6. The Morgan fingerprint density at radius 2 is 2.03 bits per heavy atom. The number of thioether (sulfide) groups is 1. The number of sulfonamides is 1. The lowest BCUT2D eigenvalue weighted by molar-refractivity contribution is -0.122. The maximum absolute atomic E-state index is 13.4. The summed E-state index contributed by atoms with van der Waals surface area (Å²) in [5.74, 6) is 1.73. The number of piperidine rings is 1. The summed E-state index contributed by atoms with van der Waals surface area (Å²) in [4.78, 5) is 18.4. The van der Waals surface area contributed by atoms with Crippen LogP contribution in [0.4, 0.5) is 0 Å². The highest BCUT2D eigenvalue weighted by atomic mass is 35.5. The van der Waals surface area contributed by atoms with E-state index >= 15 is 0 Å². The van der Waals surface area contributed by atoms with E-state index in [4.69, 9.17) is 21.1 Å². The maximum atomic E-state index is 13.4. The molecule has 1 saturated heterocycles. The smallest absolute Gasteiger partial charge is 0.266 e. The van der Waals surface area contributed by atoms with Gasteiger partial charge in [-0.2, -0.15) is 21.1 Å². The zero-order valence-corrected chi connectivity index (χ0v) is 22.3. The molecule has 0 saturated carbocycles. The summed E-state index contributed by atoms with van der Waals surface area (Å²) in [5, 5.41) is 0. The van der Waals surface area contributed by atoms with Crippen LogP contribution in [-0.4, -0.2) is 54.6 Å². The first kappa shape index (κ1) is 24.1. The van der Waals surface area contributed by atoms with Gasteiger partial charge in [-0.3, -0.25) is 4.79 Å². The lowest BCUT2D eigenvalue weighted by atomic mass is 10.0. The number of halogens is 1. The fourth-order valence-corrected chi connectivity index (χ4v) is 8.80. The van der Waals surface area contributed by atoms with Gasteiger partial charge in [0.05, 0.1) is 14.6 Å². The van der Waals surface area contributed by atoms with Crippen molar-refractivity contribution < 1.29 is 22.7 Å². The van der Waals surface area contributed by atoms with Crippen LogP contribution in [0.2, 0.25) is 4.34 Å². The molecule has 1 unspecified atom stereocenters. The van der Waals surface area contributed by atoms with Gasteiger partial charge in [0.1, 0.15) is 10.3 Å². The quantitative estimate of drug-likeness (QED) is 0.450. The molecular formula is C21H22ClN3O5S4. The van der Waals surface area contributed by atoms with Crippen LogP contribution in [0.3, 0.4) is 0 Å². The van der Waals surface area contributed by atoms with E-state index in [0.717, 1.165) is 33.7 Å². The second kappa shape index (κ2) is 9.82. The minimum Gasteiger partial charge on any atom is -0.454 e. The van der Waals surface area contributed by atoms with Crippen molar-refractivity contribution >= 4 is 72.2 Å². The molecule has 1 amide bonds. The van der Waals surface area contributed by atoms with E-state index in [1.165, 1.54) is 21.7 Å². The van der Waals surface area contributed by atoms with Crippen molar-refractivity contribution in [2.24, 2.45) is 4.99 Å². The van der Waals surface area contributed by atoms with E-state index in [1.807, 2.05) is 23.0 Å². The summed E-state index contributed by atoms with van der Waals surface area (Å²) >= 11 is 10.1. The van der Waals surface area contributed by atoms with Gasteiger partial charge in [-0.05, 0) is 31.2 Å². The molecule has 3 aromatic rings. The van der Waals surface area contributed by atoms with Crippen LogP contribution in [0, 0.1) is 0 Å². The van der Waals surface area contributed by atoms with Crippen molar-refractivity contribution in [3.8, 4) is 11.5 Å². The molecule has 0 bridgehead atoms. The number of carbonyl (C=O) groups excluding carboxylic acids is 1. The minimum atomic E-state index is -3.84. The first-order valence-electron chi connectivity index (χ1n) is 10.7. The van der Waals surface area contributed by atoms with Gasteiger partial charge in [0.2, 0.25) is 6.79 Å². The summed E-state index contributed by atoms with van der Waals surface area (Å²) < 4.78 is 42.3. The van der Waals surface area contributed by atoms with Gasteiger partial charge in [0, 0.05) is 31.0 Å². The van der Waals surface area contributed by atoms with Crippen molar-refractivity contribution in [3.63, 3.8) is 0 Å². The maximum Gasteiger partial charge on any atom is 0.266 e. The lowest BCUT2D eigenvalue weighted by Gasteiger charge is -2.31. The SMILES string of the molecule is CSCCn1c(=NC(=O)C2CCCCN2S(=O)(=O)c2ccc(Cl)s2)sc2cc3c(cc21)OCO3. The topological polar surface area (TPSA) is 90.2 Å². The zero-order chi connectivity index (χ0) is 23.9. The number of thiazole rings is 1. The Morgan fingerprint density at radius 3 is 2.76 bits per heavy atom. The number of hydrogen-bond donors (Lipinski definition) is 0. The predicted molar refractivity (Wildman–Crippen MR) is 136 cm³/mol. The van der Waals surface area contributed by atoms with E-state index in [9.17, 15) is 13.2 Å². The van der Waals surface area contributed by atoms with Crippen LogP contribution in [0.25, 0.3) is 10.2 Å². The molecule has 0 aliphatic carbocycles. The molecule has 5 rings (SSSR count). The van der Waals surface area contributed by atoms with Crippen LogP contribution in [0.15, 0.2) is 33.5 Å². The lowest BCUT2D eigenvalue weighted by Crippen LogP contribution is -2.47. The number of benzene rings is 1. The number of carbonyl (C=O) groups is 1. The van der Waals surface area contributed by atoms with E-state index in [0.29, 0.717) is 40.0 Å². The Kier molecular flexibility index (Phi) is 6.97. The second-order valence-corrected chi connectivity index (χ2v) is 13.7. The van der Waals surface area contributed by atoms with Crippen LogP contribution in [0.5, 0.6) is 11.5 Å². The van der Waals surface area contributed by atoms with Crippen LogP contribution in [0.1, 0.15) is 19.3 Å². The van der Waals surface area contributed by atoms with Gasteiger partial charge >= 0.3 is 0 Å². The Bertz CT molecular complexity index is 1410. The van der Waals surface area contributed by atoms with Gasteiger partial charge in [0.25, 0.3) is 15.9 Å². The van der Waals surface area contributed by atoms with Crippen LogP contribution < -0.4 is 14.3 Å². The first-order valence-corrected chi connectivity index (χ1v) is 15.5. The number of amides is 1. The third-order valence-electron chi connectivity index (χ3n) is 5.75. The summed E-state index contributed by atoms with van der Waals surface area (Å²) in [6, 6.07) is 6.02. The molecular weight excluding hydrogens is 538 g/mol. The Labute approximate surface area is 214 Å². The molecule has 0 N–H and O–H groups in total. The van der Waals surface area contributed by atoms with Crippen molar-refractivity contribution in [2.75, 3.05) is 25.3 Å². The van der Waals surface area contributed by atoms with Gasteiger partial charge in [-0.25, -0.2) is 8.42 Å². The summed E-state index contributed by atoms with van der Waals surface area (Å²) in [5.41, 5.74) is 0.913. The predicted octanol–water partition coefficient (Wildman–Crippen LogP) is 4.18. The molecule has 13 heteroatoms. The van der Waals surface area contributed by atoms with Crippen molar-refractivity contribution in [3.05, 3.63) is 33.4 Å². The van der Waals surface area contributed by atoms with Gasteiger partial charge in [-0.1, -0.05) is 29.4 Å². The summed E-state index contributed by atoms with van der Waals surface area (Å²) in [6.07, 6.45) is 3.92. The number of hydrogen-bond acceptors (Lipinski definition) is 8. The number of aryl methyl sites for hydroxylation is 1. The third kappa shape index (κ3) is 4.51. The fourth-order valence-electron chi connectivity index (χ4n) is 4.10. The average molecular weight is 560 g/mol. The van der Waals surface area contributed by atoms with Crippen LogP contribution in [-0.2, 0) is 21.4 Å². The number of thiophene rings is 1. The molecule has 0 spiro atoms. The van der Waals surface area contributed by atoms with Gasteiger partial charge in [0.15, 0.2) is 16.3 Å². The highest BCUT2D eigenvalue weighted by Gasteiger charge is 2.38. The summed E-state index contributed by atoms with van der Waals surface area (Å²) in [6.45, 7) is 1.13. The standard InChI is InChI=1S/C21H22ClN3O5S4/c1-31-9-8-24-14-10-15-16(30-12-29-15)11-17(14)32-21(24)23-20(26)13-4-2-3-7-25(13)34(27,28)19-6-5-18(22)33-19/h5-6,10-11,13H,2-4,7-9,12H2,1H3. The van der Waals surface area contributed by atoms with Crippen molar-refractivity contribution in [1.82, 2.24) is 8.87 Å². The third-order valence-corrected chi connectivity index (χ3v) is 11.0. The van der Waals surface area contributed by atoms with E-state index in [2.05, 4.69) is 4.99 Å². The molecule has 182 valence electrons. The largest absolute Gasteiger partial charge is 0.454 e. The summed E-state index contributed by atoms with van der Waals surface area (Å²) in [7, 11) is -3.84. The minimum absolute atomic E-state index is 0.142. The molecule has 1 atom stereocenters. The Hall–Kier alpha value is -1.57. The molecule has 0 radical (unpaired) electrons. The van der Waals surface area contributed by atoms with Crippen molar-refractivity contribution in [2.45, 2.75) is 36.1 Å². The molecule has 34 heavy (non-hydrogen) atoms. The zero-order valence-electron chi connectivity index (χ0n) is 18.2. The molecule has 2 aromatic heterocycles. The molecule has 8 nitrogen and oxygen atoms in total. The number of fused-ring (bicyclic) bond motifs is 2. The van der Waals surface area contributed by atoms with E-state index < -0.39 is 22.0 Å². The molecule has 1 fully saturated rings. The second-order valence-electron chi connectivity index (χ2n) is 7.84. The highest BCUT2D eigenvalue weighted by Crippen LogP contribution is 2.37. The number of ether oxygens (including phenoxy) is 2. The first-order chi connectivity index (χ1) is 16.4. The molecule has 2 aliphatic rings. The van der Waals surface area contributed by atoms with Gasteiger partial charge in [-0.15, -0.1) is 11.3 Å². The Balaban J connectivity index is 1.54. The van der Waals surface area contributed by atoms with Crippen LogP contribution >= 0.6 is 46.0 Å². The fraction of sp³-hybridized carbons (Fsp3) is 0.429. The molecule has 4 heterocycles. The molecule has 1 aromatic carbocycles. The molecule has 2 aliphatic heterocycles. The van der Waals surface area contributed by atoms with E-state index in [-0.39, 0.29) is 17.5 Å². The number of nitrogens with zero attached hydrogens (tertiary/aromatic N) is 3. The number of aromatic nitrogens is 1. The van der Waals surface area contributed by atoms with Gasteiger partial charge < -0.3 is 14.0 Å². The average Bonchev–Trinajstić information content (AvgIpc) is 3.54.